The van der Waals surface area contributed by atoms with E-state index in [1.54, 1.807) is 6.20 Å². The van der Waals surface area contributed by atoms with E-state index in [9.17, 15) is 0 Å². The highest BCUT2D eigenvalue weighted by Gasteiger charge is 1.97. The van der Waals surface area contributed by atoms with Crippen molar-refractivity contribution in [1.29, 1.82) is 0 Å². The average molecular weight is 165 g/mol. The minimum absolute atomic E-state index is 0.633. The molecule has 0 saturated carbocycles. The molecule has 2 rings (SSSR count). The average Bonchev–Trinajstić information content (AvgIpc) is 2.50. The third-order valence-corrected chi connectivity index (χ3v) is 1.80. The Morgan fingerprint density at radius 1 is 1.55 bits per heavy atom. The highest BCUT2D eigenvalue weighted by Crippen LogP contribution is 2.07. The molecule has 0 radical (unpaired) electrons. The molecule has 11 heavy (non-hydrogen) atoms. The van der Waals surface area contributed by atoms with Gasteiger partial charge >= 0.3 is 0 Å². The van der Waals surface area contributed by atoms with Crippen LogP contribution in [-0.2, 0) is 5.75 Å². The zero-order valence-corrected chi connectivity index (χ0v) is 6.68. The summed E-state index contributed by atoms with van der Waals surface area (Å²) in [6.07, 6.45) is 3.55. The summed E-state index contributed by atoms with van der Waals surface area (Å²) >= 11 is 4.10. The van der Waals surface area contributed by atoms with E-state index in [2.05, 4.69) is 27.6 Å². The summed E-state index contributed by atoms with van der Waals surface area (Å²) in [5.41, 5.74) is 2.63. The Morgan fingerprint density at radius 3 is 3.27 bits per heavy atom. The van der Waals surface area contributed by atoms with Gasteiger partial charge in [0.2, 0.25) is 0 Å². The van der Waals surface area contributed by atoms with E-state index in [4.69, 9.17) is 0 Å². The number of fused-ring (bicyclic) bond motifs is 1. The van der Waals surface area contributed by atoms with Crippen LogP contribution < -0.4 is 0 Å². The molecule has 56 valence electrons. The second kappa shape index (κ2) is 2.54. The Morgan fingerprint density at radius 2 is 2.45 bits per heavy atom. The van der Waals surface area contributed by atoms with Gasteiger partial charge in [0.15, 0.2) is 5.65 Å². The zero-order chi connectivity index (χ0) is 7.68. The van der Waals surface area contributed by atoms with Gasteiger partial charge in [0.1, 0.15) is 5.52 Å². The summed E-state index contributed by atoms with van der Waals surface area (Å²) in [7, 11) is 0. The SMILES string of the molecule is SCc1cnc2[nH]ccc2n1. The Kier molecular flexibility index (Phi) is 1.54. The quantitative estimate of drug-likeness (QED) is 0.627. The minimum atomic E-state index is 0.633. The summed E-state index contributed by atoms with van der Waals surface area (Å²) in [5.74, 6) is 0.633. The van der Waals surface area contributed by atoms with Crippen molar-refractivity contribution in [3.8, 4) is 0 Å². The highest BCUT2D eigenvalue weighted by molar-refractivity contribution is 7.79. The predicted octanol–water partition coefficient (Wildman–Crippen LogP) is 1.39. The van der Waals surface area contributed by atoms with Gasteiger partial charge in [0, 0.05) is 11.9 Å². The molecule has 0 aliphatic rings. The molecule has 0 aromatic carbocycles. The van der Waals surface area contributed by atoms with Crippen LogP contribution in [-0.4, -0.2) is 15.0 Å². The van der Waals surface area contributed by atoms with Crippen LogP contribution >= 0.6 is 12.6 Å². The van der Waals surface area contributed by atoms with Crippen molar-refractivity contribution < 1.29 is 0 Å². The van der Waals surface area contributed by atoms with E-state index in [1.165, 1.54) is 0 Å². The lowest BCUT2D eigenvalue weighted by atomic mass is 10.4. The maximum atomic E-state index is 4.28. The molecular formula is C7H7N3S. The molecule has 1 N–H and O–H groups in total. The van der Waals surface area contributed by atoms with Crippen LogP contribution in [0, 0.1) is 0 Å². The Balaban J connectivity index is 2.67. The first-order valence-corrected chi connectivity index (χ1v) is 3.93. The van der Waals surface area contributed by atoms with Crippen molar-refractivity contribution in [2.24, 2.45) is 0 Å². The van der Waals surface area contributed by atoms with Gasteiger partial charge in [-0.1, -0.05) is 0 Å². The third kappa shape index (κ3) is 1.09. The summed E-state index contributed by atoms with van der Waals surface area (Å²) in [5, 5.41) is 0. The molecule has 2 aromatic rings. The molecule has 0 aliphatic carbocycles. The van der Waals surface area contributed by atoms with Gasteiger partial charge in [-0.2, -0.15) is 12.6 Å². The molecule has 0 atom stereocenters. The standard InChI is InChI=1S/C7H7N3S/c11-4-5-3-9-7-6(10-5)1-2-8-7/h1-3,11H,4H2,(H,8,9). The first-order chi connectivity index (χ1) is 5.40. The molecular weight excluding hydrogens is 158 g/mol. The largest absolute Gasteiger partial charge is 0.345 e. The van der Waals surface area contributed by atoms with Gasteiger partial charge < -0.3 is 4.98 Å². The second-order valence-corrected chi connectivity index (χ2v) is 2.55. The molecule has 4 heteroatoms. The maximum absolute atomic E-state index is 4.28. The predicted molar refractivity (Wildman–Crippen MR) is 46.6 cm³/mol. The first-order valence-electron chi connectivity index (χ1n) is 3.30. The van der Waals surface area contributed by atoms with E-state index in [-0.39, 0.29) is 0 Å². The lowest BCUT2D eigenvalue weighted by Gasteiger charge is -1.92. The van der Waals surface area contributed by atoms with E-state index in [0.29, 0.717) is 5.75 Å². The first kappa shape index (κ1) is 6.67. The molecule has 0 saturated heterocycles. The molecule has 0 fully saturated rings. The van der Waals surface area contributed by atoms with Gasteiger partial charge in [-0.15, -0.1) is 0 Å². The molecule has 3 nitrogen and oxygen atoms in total. The van der Waals surface area contributed by atoms with Gasteiger partial charge in [-0.3, -0.25) is 0 Å². The maximum Gasteiger partial charge on any atom is 0.156 e. The molecule has 0 unspecified atom stereocenters. The molecule has 0 bridgehead atoms. The van der Waals surface area contributed by atoms with E-state index in [1.807, 2.05) is 12.3 Å². The van der Waals surface area contributed by atoms with Crippen LogP contribution in [0.25, 0.3) is 11.2 Å². The van der Waals surface area contributed by atoms with Gasteiger partial charge in [-0.05, 0) is 6.07 Å². The monoisotopic (exact) mass is 165 g/mol. The van der Waals surface area contributed by atoms with E-state index in [0.717, 1.165) is 16.9 Å². The van der Waals surface area contributed by atoms with Crippen molar-refractivity contribution in [2.45, 2.75) is 5.75 Å². The van der Waals surface area contributed by atoms with Crippen LogP contribution in [0.1, 0.15) is 5.69 Å². The van der Waals surface area contributed by atoms with Crippen molar-refractivity contribution in [2.75, 3.05) is 0 Å². The molecule has 0 spiro atoms. The number of aromatic nitrogens is 3. The topological polar surface area (TPSA) is 41.6 Å². The Bertz CT molecular complexity index is 368. The van der Waals surface area contributed by atoms with Gasteiger partial charge in [0.25, 0.3) is 0 Å². The number of hydrogen-bond acceptors (Lipinski definition) is 3. The normalized spacial score (nSPS) is 10.6. The fourth-order valence-corrected chi connectivity index (χ4v) is 1.10. The van der Waals surface area contributed by atoms with Crippen molar-refractivity contribution in [3.63, 3.8) is 0 Å². The number of aromatic amines is 1. The highest BCUT2D eigenvalue weighted by atomic mass is 32.1. The smallest absolute Gasteiger partial charge is 0.156 e. The number of nitrogens with zero attached hydrogens (tertiary/aromatic N) is 2. The van der Waals surface area contributed by atoms with Crippen LogP contribution in [0.5, 0.6) is 0 Å². The summed E-state index contributed by atoms with van der Waals surface area (Å²) in [6, 6.07) is 1.90. The Labute approximate surface area is 69.3 Å². The van der Waals surface area contributed by atoms with Gasteiger partial charge in [0.05, 0.1) is 11.9 Å². The zero-order valence-electron chi connectivity index (χ0n) is 5.78. The summed E-state index contributed by atoms with van der Waals surface area (Å²) in [6.45, 7) is 0. The molecule has 2 heterocycles. The number of H-pyrrole nitrogens is 1. The van der Waals surface area contributed by atoms with E-state index < -0.39 is 0 Å². The number of nitrogens with one attached hydrogen (secondary N) is 1. The fourth-order valence-electron chi connectivity index (χ4n) is 0.945. The Hall–Kier alpha value is -1.03. The molecule has 0 amide bonds. The molecule has 0 aliphatic heterocycles. The number of rotatable bonds is 1. The molecule has 2 aromatic heterocycles. The lowest BCUT2D eigenvalue weighted by molar-refractivity contribution is 1.16. The number of thiol groups is 1. The summed E-state index contributed by atoms with van der Waals surface area (Å²) < 4.78 is 0. The number of hydrogen-bond donors (Lipinski definition) is 2. The van der Waals surface area contributed by atoms with Crippen LogP contribution in [0.2, 0.25) is 0 Å². The van der Waals surface area contributed by atoms with Gasteiger partial charge in [-0.25, -0.2) is 9.97 Å². The van der Waals surface area contributed by atoms with Crippen molar-refractivity contribution in [3.05, 3.63) is 24.2 Å². The lowest BCUT2D eigenvalue weighted by Crippen LogP contribution is -1.87. The second-order valence-electron chi connectivity index (χ2n) is 2.23. The fraction of sp³-hybridized carbons (Fsp3) is 0.143. The minimum Gasteiger partial charge on any atom is -0.345 e. The summed E-state index contributed by atoms with van der Waals surface area (Å²) in [4.78, 5) is 11.4. The van der Waals surface area contributed by atoms with Crippen LogP contribution in [0.3, 0.4) is 0 Å². The van der Waals surface area contributed by atoms with Crippen molar-refractivity contribution in [1.82, 2.24) is 15.0 Å². The third-order valence-electron chi connectivity index (χ3n) is 1.47. The van der Waals surface area contributed by atoms with Crippen molar-refractivity contribution >= 4 is 23.8 Å². The van der Waals surface area contributed by atoms with Crippen LogP contribution in [0.4, 0.5) is 0 Å². The van der Waals surface area contributed by atoms with Crippen LogP contribution in [0.15, 0.2) is 18.5 Å². The van der Waals surface area contributed by atoms with E-state index >= 15 is 0 Å².